The highest BCUT2D eigenvalue weighted by Gasteiger charge is 2.18. The minimum Gasteiger partial charge on any atom is -0.465 e. The van der Waals surface area contributed by atoms with Gasteiger partial charge >= 0.3 is 11.7 Å². The number of carbonyl (C=O) groups excluding carboxylic acids is 1. The molecule has 0 atom stereocenters. The summed E-state index contributed by atoms with van der Waals surface area (Å²) in [5.41, 5.74) is 6.37. The minimum absolute atomic E-state index is 0.302. The highest BCUT2D eigenvalue weighted by Crippen LogP contribution is 2.33. The molecule has 0 saturated carbocycles. The normalized spacial score (nSPS) is 10.5. The van der Waals surface area contributed by atoms with E-state index in [4.69, 9.17) is 10.5 Å². The molecule has 1 aromatic carbocycles. The van der Waals surface area contributed by atoms with Crippen LogP contribution in [-0.2, 0) is 11.3 Å². The van der Waals surface area contributed by atoms with Crippen molar-refractivity contribution in [3.63, 3.8) is 0 Å². The molecule has 0 aliphatic heterocycles. The first-order valence-corrected chi connectivity index (χ1v) is 6.70. The number of nitrogens with one attached hydrogen (secondary N) is 1. The largest absolute Gasteiger partial charge is 0.465 e. The van der Waals surface area contributed by atoms with Gasteiger partial charge in [0, 0.05) is 12.2 Å². The monoisotopic (exact) mass is 294 g/mol. The molecule has 0 radical (unpaired) electrons. The van der Waals surface area contributed by atoms with E-state index in [1.807, 2.05) is 6.92 Å². The van der Waals surface area contributed by atoms with E-state index in [0.29, 0.717) is 27.8 Å². The number of nitrogens with zero attached hydrogens (tertiary/aromatic N) is 2. The zero-order valence-corrected chi connectivity index (χ0v) is 11.9. The van der Waals surface area contributed by atoms with Gasteiger partial charge in [-0.15, -0.1) is 5.10 Å². The van der Waals surface area contributed by atoms with E-state index in [1.165, 1.54) is 11.7 Å². The summed E-state index contributed by atoms with van der Waals surface area (Å²) >= 11 is 1.15. The minimum atomic E-state index is -0.485. The van der Waals surface area contributed by atoms with Crippen molar-refractivity contribution < 1.29 is 9.53 Å². The molecule has 0 unspecified atom stereocenters. The van der Waals surface area contributed by atoms with Crippen LogP contribution in [0.1, 0.15) is 17.3 Å². The Balaban J connectivity index is 2.47. The van der Waals surface area contributed by atoms with Gasteiger partial charge < -0.3 is 10.5 Å². The molecule has 20 heavy (non-hydrogen) atoms. The number of ether oxygens (including phenoxy) is 1. The Morgan fingerprint density at radius 2 is 2.30 bits per heavy atom. The van der Waals surface area contributed by atoms with E-state index in [-0.39, 0.29) is 5.69 Å². The van der Waals surface area contributed by atoms with Crippen LogP contribution >= 0.6 is 11.8 Å². The van der Waals surface area contributed by atoms with Gasteiger partial charge in [0.15, 0.2) is 5.16 Å². The molecule has 2 aromatic rings. The van der Waals surface area contributed by atoms with Crippen LogP contribution in [0, 0.1) is 0 Å². The van der Waals surface area contributed by atoms with Crippen molar-refractivity contribution in [3.8, 4) is 0 Å². The molecular formula is C12H14N4O3S. The Bertz CT molecular complexity index is 692. The van der Waals surface area contributed by atoms with Crippen LogP contribution in [0.25, 0.3) is 0 Å². The molecule has 3 N–H and O–H groups in total. The van der Waals surface area contributed by atoms with Gasteiger partial charge in [-0.25, -0.2) is 14.7 Å². The van der Waals surface area contributed by atoms with Crippen LogP contribution in [0.5, 0.6) is 0 Å². The number of benzene rings is 1. The summed E-state index contributed by atoms with van der Waals surface area (Å²) in [7, 11) is 1.30. The number of esters is 1. The first kappa shape index (κ1) is 14.2. The fourth-order valence-corrected chi connectivity index (χ4v) is 2.73. The summed E-state index contributed by atoms with van der Waals surface area (Å²) < 4.78 is 6.18. The predicted octanol–water partition coefficient (Wildman–Crippen LogP) is 1.11. The van der Waals surface area contributed by atoms with Crippen LogP contribution in [0.15, 0.2) is 33.0 Å². The van der Waals surface area contributed by atoms with Gasteiger partial charge in [-0.3, -0.25) is 4.57 Å². The Morgan fingerprint density at radius 3 is 2.95 bits per heavy atom. The molecule has 0 bridgehead atoms. The molecular weight excluding hydrogens is 280 g/mol. The Labute approximate surface area is 119 Å². The third-order valence-corrected chi connectivity index (χ3v) is 3.84. The summed E-state index contributed by atoms with van der Waals surface area (Å²) in [6.07, 6.45) is 0. The first-order valence-electron chi connectivity index (χ1n) is 5.88. The van der Waals surface area contributed by atoms with E-state index in [1.54, 1.807) is 18.2 Å². The number of methoxy groups -OCH3 is 1. The Hall–Kier alpha value is -2.22. The number of nitrogens with two attached hydrogens (primary N) is 1. The third kappa shape index (κ3) is 2.55. The smallest absolute Gasteiger partial charge is 0.343 e. The molecule has 0 aliphatic rings. The van der Waals surface area contributed by atoms with Crippen molar-refractivity contribution in [3.05, 3.63) is 34.2 Å². The lowest BCUT2D eigenvalue weighted by Crippen LogP contribution is -2.16. The highest BCUT2D eigenvalue weighted by atomic mass is 32.2. The maximum absolute atomic E-state index is 11.7. The van der Waals surface area contributed by atoms with Gasteiger partial charge in [-0.1, -0.05) is 6.07 Å². The number of anilines is 1. The molecule has 0 fully saturated rings. The lowest BCUT2D eigenvalue weighted by molar-refractivity contribution is 0.0597. The first-order chi connectivity index (χ1) is 9.58. The van der Waals surface area contributed by atoms with Gasteiger partial charge in [-0.2, -0.15) is 0 Å². The second-order valence-electron chi connectivity index (χ2n) is 3.87. The van der Waals surface area contributed by atoms with E-state index in [2.05, 4.69) is 10.2 Å². The standard InChI is InChI=1S/C12H14N4O3S/c1-3-16-11(18)14-15-12(16)20-9-7(10(17)19-2)5-4-6-8(9)13/h4-6H,3,13H2,1-2H3,(H,14,18). The molecule has 0 saturated heterocycles. The van der Waals surface area contributed by atoms with Gasteiger partial charge in [0.25, 0.3) is 0 Å². The van der Waals surface area contributed by atoms with E-state index >= 15 is 0 Å². The summed E-state index contributed by atoms with van der Waals surface area (Å²) in [4.78, 5) is 23.8. The fraction of sp³-hybridized carbons (Fsp3) is 0.250. The number of nitrogen functional groups attached to an aromatic ring is 1. The van der Waals surface area contributed by atoms with Crippen molar-refractivity contribution in [1.29, 1.82) is 0 Å². The summed E-state index contributed by atoms with van der Waals surface area (Å²) in [5.74, 6) is -0.485. The van der Waals surface area contributed by atoms with Crippen LogP contribution in [0.4, 0.5) is 5.69 Å². The summed E-state index contributed by atoms with van der Waals surface area (Å²) in [6, 6.07) is 4.96. The SMILES string of the molecule is CCn1c(Sc2c(N)cccc2C(=O)OC)n[nH]c1=O. The van der Waals surface area contributed by atoms with Crippen molar-refractivity contribution in [2.24, 2.45) is 0 Å². The van der Waals surface area contributed by atoms with Crippen molar-refractivity contribution >= 4 is 23.4 Å². The van der Waals surface area contributed by atoms with Crippen molar-refractivity contribution in [1.82, 2.24) is 14.8 Å². The summed E-state index contributed by atoms with van der Waals surface area (Å²) in [6.45, 7) is 2.30. The number of aromatic nitrogens is 3. The zero-order chi connectivity index (χ0) is 14.7. The van der Waals surface area contributed by atoms with Gasteiger partial charge in [0.1, 0.15) is 0 Å². The quantitative estimate of drug-likeness (QED) is 0.647. The van der Waals surface area contributed by atoms with Gasteiger partial charge in [0.2, 0.25) is 0 Å². The Kier molecular flexibility index (Phi) is 4.14. The number of aromatic amines is 1. The molecule has 2 rings (SSSR count). The molecule has 0 aliphatic carbocycles. The number of rotatable bonds is 4. The molecule has 8 heteroatoms. The number of hydrogen-bond acceptors (Lipinski definition) is 6. The highest BCUT2D eigenvalue weighted by molar-refractivity contribution is 7.99. The molecule has 106 valence electrons. The predicted molar refractivity (Wildman–Crippen MR) is 74.8 cm³/mol. The lowest BCUT2D eigenvalue weighted by atomic mass is 10.2. The van der Waals surface area contributed by atoms with Crippen molar-refractivity contribution in [2.45, 2.75) is 23.5 Å². The lowest BCUT2D eigenvalue weighted by Gasteiger charge is -2.09. The van der Waals surface area contributed by atoms with Gasteiger partial charge in [0.05, 0.1) is 17.6 Å². The maximum Gasteiger partial charge on any atom is 0.343 e. The molecule has 7 nitrogen and oxygen atoms in total. The molecule has 1 heterocycles. The molecule has 1 aromatic heterocycles. The van der Waals surface area contributed by atoms with E-state index in [0.717, 1.165) is 11.8 Å². The zero-order valence-electron chi connectivity index (χ0n) is 11.0. The average molecular weight is 294 g/mol. The maximum atomic E-state index is 11.7. The van der Waals surface area contributed by atoms with E-state index < -0.39 is 5.97 Å². The number of hydrogen-bond donors (Lipinski definition) is 2. The van der Waals surface area contributed by atoms with Gasteiger partial charge in [-0.05, 0) is 30.8 Å². The third-order valence-electron chi connectivity index (χ3n) is 2.68. The van der Waals surface area contributed by atoms with Crippen LogP contribution in [0.2, 0.25) is 0 Å². The average Bonchev–Trinajstić information content (AvgIpc) is 2.80. The fourth-order valence-electron chi connectivity index (χ4n) is 1.69. The molecule has 0 spiro atoms. The number of H-pyrrole nitrogens is 1. The molecule has 0 amide bonds. The van der Waals surface area contributed by atoms with Crippen LogP contribution in [-0.4, -0.2) is 27.8 Å². The second-order valence-corrected chi connectivity index (χ2v) is 4.85. The van der Waals surface area contributed by atoms with Crippen molar-refractivity contribution in [2.75, 3.05) is 12.8 Å². The Morgan fingerprint density at radius 1 is 1.55 bits per heavy atom. The number of carbonyl (C=O) groups is 1. The van der Waals surface area contributed by atoms with Crippen LogP contribution in [0.3, 0.4) is 0 Å². The topological polar surface area (TPSA) is 103 Å². The van der Waals surface area contributed by atoms with E-state index in [9.17, 15) is 9.59 Å². The summed E-state index contributed by atoms with van der Waals surface area (Å²) in [5, 5.41) is 6.75. The van der Waals surface area contributed by atoms with Crippen LogP contribution < -0.4 is 11.4 Å². The second kappa shape index (κ2) is 5.83.